The molecule has 4 N–H and O–H groups in total. The van der Waals surface area contributed by atoms with E-state index in [0.717, 1.165) is 5.56 Å². The average molecular weight is 455 g/mol. The minimum absolute atomic E-state index is 0.109. The van der Waals surface area contributed by atoms with E-state index in [0.29, 0.717) is 40.2 Å². The van der Waals surface area contributed by atoms with Crippen LogP contribution in [0.4, 0.5) is 17.2 Å². The molecule has 9 heteroatoms. The first-order valence-electron chi connectivity index (χ1n) is 10.4. The van der Waals surface area contributed by atoms with Gasteiger partial charge in [0.25, 0.3) is 5.91 Å². The molecular weight excluding hydrogens is 434 g/mol. The fraction of sp³-hybridized carbons (Fsp3) is 0.0800. The van der Waals surface area contributed by atoms with Crippen molar-refractivity contribution in [1.29, 1.82) is 0 Å². The number of amides is 2. The third-order valence-corrected chi connectivity index (χ3v) is 5.01. The summed E-state index contributed by atoms with van der Waals surface area (Å²) >= 11 is 0. The van der Waals surface area contributed by atoms with Crippen molar-refractivity contribution in [1.82, 2.24) is 9.97 Å². The number of carbonyl (C=O) groups is 3. The number of hydrogen-bond acceptors (Lipinski definition) is 6. The van der Waals surface area contributed by atoms with Crippen molar-refractivity contribution in [3.63, 3.8) is 0 Å². The molecule has 1 aromatic heterocycles. The molecule has 170 valence electrons. The summed E-state index contributed by atoms with van der Waals surface area (Å²) < 4.78 is 0. The summed E-state index contributed by atoms with van der Waals surface area (Å²) in [5, 5.41) is 18.7. The minimum atomic E-state index is -1.05. The zero-order chi connectivity index (χ0) is 24.1. The number of nitrogens with zero attached hydrogens (tertiary/aromatic N) is 2. The van der Waals surface area contributed by atoms with Crippen LogP contribution in [0.1, 0.15) is 33.2 Å². The number of para-hydroxylation sites is 1. The van der Waals surface area contributed by atoms with Crippen molar-refractivity contribution >= 4 is 45.9 Å². The number of rotatable bonds is 7. The molecule has 0 fully saturated rings. The molecule has 0 radical (unpaired) electrons. The predicted octanol–water partition coefficient (Wildman–Crippen LogP) is 4.15. The van der Waals surface area contributed by atoms with E-state index in [2.05, 4.69) is 25.9 Å². The summed E-state index contributed by atoms with van der Waals surface area (Å²) in [6.07, 6.45) is 1.32. The van der Waals surface area contributed by atoms with E-state index in [9.17, 15) is 19.5 Å². The predicted molar refractivity (Wildman–Crippen MR) is 129 cm³/mol. The van der Waals surface area contributed by atoms with Gasteiger partial charge in [-0.3, -0.25) is 9.59 Å². The lowest BCUT2D eigenvalue weighted by Crippen LogP contribution is -2.13. The smallest absolute Gasteiger partial charge is 0.337 e. The zero-order valence-corrected chi connectivity index (χ0v) is 18.2. The van der Waals surface area contributed by atoms with Gasteiger partial charge in [-0.1, -0.05) is 18.2 Å². The van der Waals surface area contributed by atoms with E-state index in [-0.39, 0.29) is 17.4 Å². The highest BCUT2D eigenvalue weighted by Crippen LogP contribution is 2.23. The Balaban J connectivity index is 1.45. The molecule has 0 spiro atoms. The number of aromatic carboxylic acids is 1. The molecule has 3 aromatic carbocycles. The Morgan fingerprint density at radius 3 is 2.38 bits per heavy atom. The van der Waals surface area contributed by atoms with Crippen molar-refractivity contribution in [2.45, 2.75) is 13.5 Å². The number of hydrogen-bond donors (Lipinski definition) is 4. The summed E-state index contributed by atoms with van der Waals surface area (Å²) in [4.78, 5) is 43.5. The summed E-state index contributed by atoms with van der Waals surface area (Å²) in [6, 6.07) is 18.9. The van der Waals surface area contributed by atoms with Crippen LogP contribution in [0.25, 0.3) is 10.9 Å². The first-order chi connectivity index (χ1) is 16.4. The lowest BCUT2D eigenvalue weighted by molar-refractivity contribution is -0.114. The van der Waals surface area contributed by atoms with Gasteiger partial charge in [0.05, 0.1) is 11.1 Å². The number of nitrogens with one attached hydrogen (secondary N) is 3. The van der Waals surface area contributed by atoms with Crippen LogP contribution in [0.5, 0.6) is 0 Å². The Morgan fingerprint density at radius 1 is 0.882 bits per heavy atom. The molecular formula is C25H21N5O4. The van der Waals surface area contributed by atoms with Gasteiger partial charge in [-0.25, -0.2) is 14.8 Å². The van der Waals surface area contributed by atoms with Gasteiger partial charge in [0.2, 0.25) is 5.91 Å². The Bertz CT molecular complexity index is 1390. The number of fused-ring (bicyclic) bond motifs is 1. The number of aromatic nitrogens is 2. The molecule has 1 heterocycles. The van der Waals surface area contributed by atoms with E-state index in [1.54, 1.807) is 42.5 Å². The topological polar surface area (TPSA) is 133 Å². The van der Waals surface area contributed by atoms with Crippen molar-refractivity contribution in [2.24, 2.45) is 0 Å². The van der Waals surface area contributed by atoms with Gasteiger partial charge >= 0.3 is 5.97 Å². The van der Waals surface area contributed by atoms with Crippen LogP contribution in [0.2, 0.25) is 0 Å². The average Bonchev–Trinajstić information content (AvgIpc) is 2.82. The van der Waals surface area contributed by atoms with Gasteiger partial charge in [0.15, 0.2) is 0 Å². The highest BCUT2D eigenvalue weighted by molar-refractivity contribution is 6.05. The molecule has 4 rings (SSSR count). The van der Waals surface area contributed by atoms with Gasteiger partial charge in [-0.15, -0.1) is 0 Å². The maximum atomic E-state index is 12.6. The fourth-order valence-corrected chi connectivity index (χ4v) is 3.46. The molecule has 0 aliphatic heterocycles. The van der Waals surface area contributed by atoms with Crippen LogP contribution in [0, 0.1) is 0 Å². The molecule has 0 atom stereocenters. The van der Waals surface area contributed by atoms with Crippen LogP contribution in [-0.4, -0.2) is 32.9 Å². The lowest BCUT2D eigenvalue weighted by Gasteiger charge is -2.11. The number of anilines is 3. The Kier molecular flexibility index (Phi) is 6.45. The molecule has 0 aliphatic carbocycles. The maximum Gasteiger partial charge on any atom is 0.337 e. The monoisotopic (exact) mass is 455 g/mol. The van der Waals surface area contributed by atoms with Crippen molar-refractivity contribution in [3.8, 4) is 0 Å². The molecule has 0 unspecified atom stereocenters. The Labute approximate surface area is 194 Å². The summed E-state index contributed by atoms with van der Waals surface area (Å²) in [5.74, 6) is -0.993. The van der Waals surface area contributed by atoms with Crippen molar-refractivity contribution < 1.29 is 19.5 Å². The highest BCUT2D eigenvalue weighted by Gasteiger charge is 2.12. The second kappa shape index (κ2) is 9.78. The third kappa shape index (κ3) is 5.16. The van der Waals surface area contributed by atoms with Gasteiger partial charge < -0.3 is 21.1 Å². The van der Waals surface area contributed by atoms with Gasteiger partial charge in [-0.05, 0) is 54.1 Å². The molecule has 0 saturated carbocycles. The minimum Gasteiger partial charge on any atom is -0.478 e. The number of carbonyl (C=O) groups excluding carboxylic acids is 2. The Hall–Kier alpha value is -4.79. The first kappa shape index (κ1) is 22.4. The first-order valence-corrected chi connectivity index (χ1v) is 10.4. The second-order valence-electron chi connectivity index (χ2n) is 7.50. The van der Waals surface area contributed by atoms with Gasteiger partial charge in [0.1, 0.15) is 12.1 Å². The summed E-state index contributed by atoms with van der Waals surface area (Å²) in [5.41, 5.74) is 3.05. The highest BCUT2D eigenvalue weighted by atomic mass is 16.4. The largest absolute Gasteiger partial charge is 0.478 e. The normalized spacial score (nSPS) is 10.5. The summed E-state index contributed by atoms with van der Waals surface area (Å²) in [6.45, 7) is 1.82. The van der Waals surface area contributed by atoms with Crippen LogP contribution in [0.15, 0.2) is 73.1 Å². The van der Waals surface area contributed by atoms with Gasteiger partial charge in [-0.2, -0.15) is 0 Å². The van der Waals surface area contributed by atoms with Crippen molar-refractivity contribution in [3.05, 3.63) is 89.7 Å². The van der Waals surface area contributed by atoms with E-state index in [4.69, 9.17) is 0 Å². The quantitative estimate of drug-likeness (QED) is 0.329. The van der Waals surface area contributed by atoms with Gasteiger partial charge in [0, 0.05) is 35.8 Å². The molecule has 9 nitrogen and oxygen atoms in total. The SMILES string of the molecule is CC(=O)Nc1ccc(C(=O)Nc2cccc(CNc3ncnc4c(C(=O)O)cccc34)c2)cc1. The van der Waals surface area contributed by atoms with Crippen LogP contribution in [0.3, 0.4) is 0 Å². The summed E-state index contributed by atoms with van der Waals surface area (Å²) in [7, 11) is 0. The lowest BCUT2D eigenvalue weighted by atomic mass is 10.1. The van der Waals surface area contributed by atoms with E-state index in [1.165, 1.54) is 19.3 Å². The van der Waals surface area contributed by atoms with E-state index < -0.39 is 5.97 Å². The number of benzene rings is 3. The van der Waals surface area contributed by atoms with E-state index in [1.807, 2.05) is 18.2 Å². The molecule has 4 aromatic rings. The Morgan fingerprint density at radius 2 is 1.65 bits per heavy atom. The van der Waals surface area contributed by atoms with E-state index >= 15 is 0 Å². The molecule has 34 heavy (non-hydrogen) atoms. The number of carboxylic acids is 1. The molecule has 0 saturated heterocycles. The molecule has 2 amide bonds. The standard InChI is InChI=1S/C25H21N5O4/c1-15(31)29-18-10-8-17(9-11-18)24(32)30-19-5-2-4-16(12-19)13-26-23-20-6-3-7-21(25(33)34)22(20)27-14-28-23/h2-12,14H,13H2,1H3,(H,29,31)(H,30,32)(H,33,34)(H,26,27,28). The second-order valence-corrected chi connectivity index (χ2v) is 7.50. The van der Waals surface area contributed by atoms with Crippen molar-refractivity contribution in [2.75, 3.05) is 16.0 Å². The third-order valence-electron chi connectivity index (χ3n) is 5.01. The van der Waals surface area contributed by atoms with Crippen LogP contribution >= 0.6 is 0 Å². The zero-order valence-electron chi connectivity index (χ0n) is 18.2. The maximum absolute atomic E-state index is 12.6. The molecule has 0 bridgehead atoms. The molecule has 0 aliphatic rings. The number of carboxylic acid groups (broad SMARTS) is 1. The van der Waals surface area contributed by atoms with Crippen LogP contribution in [-0.2, 0) is 11.3 Å². The fourth-order valence-electron chi connectivity index (χ4n) is 3.46. The van der Waals surface area contributed by atoms with Crippen LogP contribution < -0.4 is 16.0 Å².